The van der Waals surface area contributed by atoms with Crippen molar-refractivity contribution >= 4 is 17.4 Å². The summed E-state index contributed by atoms with van der Waals surface area (Å²) in [5.41, 5.74) is 2.97. The third-order valence-electron chi connectivity index (χ3n) is 2.46. The highest BCUT2D eigenvalue weighted by Crippen LogP contribution is 2.18. The Bertz CT molecular complexity index is 510. The Kier molecular flexibility index (Phi) is 3.54. The van der Waals surface area contributed by atoms with E-state index in [1.807, 2.05) is 32.2 Å². The minimum Gasteiger partial charge on any atom is -0.366 e. The van der Waals surface area contributed by atoms with E-state index in [2.05, 4.69) is 20.3 Å². The first-order chi connectivity index (χ1) is 8.16. The van der Waals surface area contributed by atoms with Gasteiger partial charge >= 0.3 is 0 Å². The van der Waals surface area contributed by atoms with E-state index in [0.29, 0.717) is 11.7 Å². The first-order valence-electron chi connectivity index (χ1n) is 5.29. The lowest BCUT2D eigenvalue weighted by atomic mass is 10.2. The van der Waals surface area contributed by atoms with E-state index in [-0.39, 0.29) is 0 Å². The Balaban J connectivity index is 2.07. The fraction of sp³-hybridized carbons (Fsp3) is 0.250. The number of anilines is 1. The molecule has 2 aromatic heterocycles. The number of rotatable bonds is 3. The van der Waals surface area contributed by atoms with Gasteiger partial charge in [-0.3, -0.25) is 4.98 Å². The zero-order valence-corrected chi connectivity index (χ0v) is 10.5. The van der Waals surface area contributed by atoms with E-state index in [1.54, 1.807) is 0 Å². The number of aryl methyl sites for hydroxylation is 1. The third kappa shape index (κ3) is 2.91. The second-order valence-electron chi connectivity index (χ2n) is 3.80. The molecule has 2 aromatic rings. The van der Waals surface area contributed by atoms with Gasteiger partial charge < -0.3 is 5.32 Å². The monoisotopic (exact) mass is 248 g/mol. The molecule has 5 heteroatoms. The summed E-state index contributed by atoms with van der Waals surface area (Å²) in [6.45, 7) is 4.52. The number of pyridine rings is 1. The lowest BCUT2D eigenvalue weighted by Gasteiger charge is -2.08. The van der Waals surface area contributed by atoms with Crippen LogP contribution in [0.3, 0.4) is 0 Å². The summed E-state index contributed by atoms with van der Waals surface area (Å²) in [7, 11) is 0. The molecule has 0 bridgehead atoms. The largest absolute Gasteiger partial charge is 0.366 e. The molecule has 0 amide bonds. The van der Waals surface area contributed by atoms with E-state index >= 15 is 0 Å². The summed E-state index contributed by atoms with van der Waals surface area (Å²) < 4.78 is 0. The lowest BCUT2D eigenvalue weighted by Crippen LogP contribution is -2.04. The summed E-state index contributed by atoms with van der Waals surface area (Å²) in [5.74, 6) is 0.755. The van der Waals surface area contributed by atoms with Crippen molar-refractivity contribution < 1.29 is 0 Å². The van der Waals surface area contributed by atoms with Crippen LogP contribution in [-0.2, 0) is 6.54 Å². The second kappa shape index (κ2) is 5.10. The van der Waals surface area contributed by atoms with Gasteiger partial charge in [0, 0.05) is 24.0 Å². The van der Waals surface area contributed by atoms with Crippen molar-refractivity contribution in [3.8, 4) is 0 Å². The van der Waals surface area contributed by atoms with Crippen LogP contribution in [0.1, 0.15) is 16.8 Å². The highest BCUT2D eigenvalue weighted by molar-refractivity contribution is 6.30. The Morgan fingerprint density at radius 1 is 1.18 bits per heavy atom. The van der Waals surface area contributed by atoms with Gasteiger partial charge in [-0.1, -0.05) is 17.7 Å². The van der Waals surface area contributed by atoms with Crippen LogP contribution in [0.5, 0.6) is 0 Å². The molecule has 0 aromatic carbocycles. The second-order valence-corrected chi connectivity index (χ2v) is 4.16. The van der Waals surface area contributed by atoms with E-state index < -0.39 is 0 Å². The van der Waals surface area contributed by atoms with Crippen LogP contribution in [0.2, 0.25) is 5.15 Å². The molecule has 2 heterocycles. The Morgan fingerprint density at radius 3 is 2.71 bits per heavy atom. The molecule has 4 nitrogen and oxygen atoms in total. The first kappa shape index (κ1) is 11.8. The molecule has 0 aliphatic carbocycles. The number of hydrogen-bond acceptors (Lipinski definition) is 4. The normalized spacial score (nSPS) is 10.3. The summed E-state index contributed by atoms with van der Waals surface area (Å²) in [6, 6.07) is 4.02. The van der Waals surface area contributed by atoms with E-state index in [0.717, 1.165) is 22.6 Å². The van der Waals surface area contributed by atoms with Crippen LogP contribution in [0.15, 0.2) is 24.7 Å². The zero-order chi connectivity index (χ0) is 12.3. The predicted octanol–water partition coefficient (Wildman–Crippen LogP) is 2.75. The summed E-state index contributed by atoms with van der Waals surface area (Å²) in [5, 5.41) is 3.69. The van der Waals surface area contributed by atoms with Crippen molar-refractivity contribution in [1.29, 1.82) is 0 Å². The smallest absolute Gasteiger partial charge is 0.137 e. The van der Waals surface area contributed by atoms with Gasteiger partial charge in [0.15, 0.2) is 0 Å². The number of hydrogen-bond donors (Lipinski definition) is 1. The molecule has 88 valence electrons. The van der Waals surface area contributed by atoms with Crippen molar-refractivity contribution in [2.45, 2.75) is 20.4 Å². The van der Waals surface area contributed by atoms with Gasteiger partial charge in [-0.25, -0.2) is 9.97 Å². The standard InChI is InChI=1S/C12H13ClN4/c1-8-3-4-10(5-14-8)6-15-12-9(2)11(13)16-7-17-12/h3-5,7H,6H2,1-2H3,(H,15,16,17). The molecule has 0 aliphatic rings. The molecule has 1 N–H and O–H groups in total. The number of aromatic nitrogens is 3. The van der Waals surface area contributed by atoms with Crippen LogP contribution in [0.25, 0.3) is 0 Å². The number of nitrogens with zero attached hydrogens (tertiary/aromatic N) is 3. The third-order valence-corrected chi connectivity index (χ3v) is 2.84. The van der Waals surface area contributed by atoms with Gasteiger partial charge in [-0.05, 0) is 25.5 Å². The number of nitrogens with one attached hydrogen (secondary N) is 1. The fourth-order valence-electron chi connectivity index (χ4n) is 1.40. The molecular formula is C12H13ClN4. The summed E-state index contributed by atoms with van der Waals surface area (Å²) in [4.78, 5) is 12.3. The first-order valence-corrected chi connectivity index (χ1v) is 5.67. The molecule has 0 saturated carbocycles. The van der Waals surface area contributed by atoms with Crippen molar-refractivity contribution in [3.63, 3.8) is 0 Å². The maximum absolute atomic E-state index is 5.91. The topological polar surface area (TPSA) is 50.7 Å². The van der Waals surface area contributed by atoms with Crippen molar-refractivity contribution in [1.82, 2.24) is 15.0 Å². The molecule has 0 atom stereocenters. The zero-order valence-electron chi connectivity index (χ0n) is 9.74. The molecule has 2 rings (SSSR count). The van der Waals surface area contributed by atoms with Crippen LogP contribution < -0.4 is 5.32 Å². The number of halogens is 1. The van der Waals surface area contributed by atoms with Crippen LogP contribution in [-0.4, -0.2) is 15.0 Å². The minimum absolute atomic E-state index is 0.476. The van der Waals surface area contributed by atoms with Gasteiger partial charge in [0.25, 0.3) is 0 Å². The van der Waals surface area contributed by atoms with Crippen LogP contribution in [0.4, 0.5) is 5.82 Å². The molecule has 0 spiro atoms. The quantitative estimate of drug-likeness (QED) is 0.849. The van der Waals surface area contributed by atoms with E-state index in [4.69, 9.17) is 11.6 Å². The van der Waals surface area contributed by atoms with Crippen LogP contribution >= 0.6 is 11.6 Å². The molecule has 17 heavy (non-hydrogen) atoms. The van der Waals surface area contributed by atoms with Crippen molar-refractivity contribution in [2.24, 2.45) is 0 Å². The Hall–Kier alpha value is -1.68. The summed E-state index contributed by atoms with van der Waals surface area (Å²) >= 11 is 5.91. The maximum atomic E-state index is 5.91. The van der Waals surface area contributed by atoms with Gasteiger partial charge in [0.05, 0.1) is 0 Å². The Labute approximate surface area is 105 Å². The van der Waals surface area contributed by atoms with E-state index in [1.165, 1.54) is 6.33 Å². The maximum Gasteiger partial charge on any atom is 0.137 e. The highest BCUT2D eigenvalue weighted by atomic mass is 35.5. The van der Waals surface area contributed by atoms with Gasteiger partial charge in [0.1, 0.15) is 17.3 Å². The lowest BCUT2D eigenvalue weighted by molar-refractivity contribution is 1.04. The van der Waals surface area contributed by atoms with Crippen molar-refractivity contribution in [2.75, 3.05) is 5.32 Å². The fourth-order valence-corrected chi connectivity index (χ4v) is 1.53. The summed E-state index contributed by atoms with van der Waals surface area (Å²) in [6.07, 6.45) is 3.30. The molecule has 0 radical (unpaired) electrons. The van der Waals surface area contributed by atoms with Crippen molar-refractivity contribution in [3.05, 3.63) is 46.6 Å². The van der Waals surface area contributed by atoms with Gasteiger partial charge in [-0.2, -0.15) is 0 Å². The predicted molar refractivity (Wildman–Crippen MR) is 68.1 cm³/mol. The average Bonchev–Trinajstić information content (AvgIpc) is 2.33. The SMILES string of the molecule is Cc1ccc(CNc2ncnc(Cl)c2C)cn1. The van der Waals surface area contributed by atoms with E-state index in [9.17, 15) is 0 Å². The Morgan fingerprint density at radius 2 is 2.00 bits per heavy atom. The molecule has 0 fully saturated rings. The molecular weight excluding hydrogens is 236 g/mol. The average molecular weight is 249 g/mol. The highest BCUT2D eigenvalue weighted by Gasteiger charge is 2.04. The van der Waals surface area contributed by atoms with Gasteiger partial charge in [-0.15, -0.1) is 0 Å². The van der Waals surface area contributed by atoms with Gasteiger partial charge in [0.2, 0.25) is 0 Å². The minimum atomic E-state index is 0.476. The molecule has 0 saturated heterocycles. The molecule has 0 aliphatic heterocycles. The molecule has 0 unspecified atom stereocenters. The van der Waals surface area contributed by atoms with Crippen LogP contribution in [0, 0.1) is 13.8 Å².